The molecule has 0 aliphatic carbocycles. The van der Waals surface area contributed by atoms with Crippen LogP contribution in [0.25, 0.3) is 0 Å². The maximum absolute atomic E-state index is 13.7. The Labute approximate surface area is 111 Å². The van der Waals surface area contributed by atoms with Crippen LogP contribution in [0.3, 0.4) is 0 Å². The minimum absolute atomic E-state index is 0.227. The van der Waals surface area contributed by atoms with E-state index in [1.807, 2.05) is 0 Å². The number of nitrogens with one attached hydrogen (secondary N) is 1. The van der Waals surface area contributed by atoms with E-state index in [1.165, 1.54) is 6.07 Å². The van der Waals surface area contributed by atoms with E-state index in [0.717, 1.165) is 12.1 Å². The third-order valence-corrected chi connectivity index (χ3v) is 4.67. The van der Waals surface area contributed by atoms with Crippen LogP contribution in [0.15, 0.2) is 23.1 Å². The fraction of sp³-hybridized carbons (Fsp3) is 0.500. The quantitative estimate of drug-likeness (QED) is 0.858. The summed E-state index contributed by atoms with van der Waals surface area (Å²) in [6, 6.07) is 3.21. The van der Waals surface area contributed by atoms with Crippen LogP contribution >= 0.6 is 0 Å². The van der Waals surface area contributed by atoms with Gasteiger partial charge in [0, 0.05) is 6.61 Å². The van der Waals surface area contributed by atoms with Gasteiger partial charge in [0.1, 0.15) is 10.7 Å². The number of benzene rings is 1. The Morgan fingerprint density at radius 2 is 2.26 bits per heavy atom. The highest BCUT2D eigenvalue weighted by atomic mass is 32.2. The molecule has 1 aliphatic rings. The summed E-state index contributed by atoms with van der Waals surface area (Å²) in [5, 5.41) is 8.87. The Hall–Kier alpha value is -1.02. The molecule has 1 heterocycles. The van der Waals surface area contributed by atoms with Crippen molar-refractivity contribution < 1.29 is 22.7 Å². The predicted octanol–water partition coefficient (Wildman–Crippen LogP) is 0.774. The monoisotopic (exact) mass is 289 g/mol. The number of hydrogen-bond acceptors (Lipinski definition) is 4. The number of aliphatic hydroxyl groups excluding tert-OH is 1. The number of rotatable bonds is 4. The van der Waals surface area contributed by atoms with E-state index in [0.29, 0.717) is 18.6 Å². The molecular weight excluding hydrogens is 273 g/mol. The second-order valence-corrected chi connectivity index (χ2v) is 6.20. The number of aliphatic hydroxyl groups is 1. The zero-order valence-electron chi connectivity index (χ0n) is 10.5. The first-order valence-electron chi connectivity index (χ1n) is 5.97. The Balaban J connectivity index is 2.24. The van der Waals surface area contributed by atoms with Crippen molar-refractivity contribution in [3.63, 3.8) is 0 Å². The largest absolute Gasteiger partial charge is 0.392 e. The van der Waals surface area contributed by atoms with Gasteiger partial charge in [-0.05, 0) is 31.0 Å². The first kappa shape index (κ1) is 14.4. The van der Waals surface area contributed by atoms with Gasteiger partial charge in [-0.1, -0.05) is 6.07 Å². The molecule has 0 spiro atoms. The Morgan fingerprint density at radius 3 is 2.79 bits per heavy atom. The van der Waals surface area contributed by atoms with Crippen LogP contribution in [-0.4, -0.2) is 32.3 Å². The van der Waals surface area contributed by atoms with Crippen LogP contribution in [-0.2, 0) is 21.4 Å². The minimum atomic E-state index is -3.92. The molecule has 1 fully saturated rings. The molecule has 1 aromatic carbocycles. The van der Waals surface area contributed by atoms with Crippen LogP contribution in [0, 0.1) is 5.82 Å². The average molecular weight is 289 g/mol. The van der Waals surface area contributed by atoms with Gasteiger partial charge in [0.2, 0.25) is 10.0 Å². The van der Waals surface area contributed by atoms with Crippen molar-refractivity contribution in [2.45, 2.75) is 37.0 Å². The highest BCUT2D eigenvalue weighted by Crippen LogP contribution is 2.20. The number of sulfonamides is 1. The van der Waals surface area contributed by atoms with Crippen LogP contribution < -0.4 is 4.72 Å². The molecule has 1 saturated heterocycles. The maximum Gasteiger partial charge on any atom is 0.243 e. The molecule has 2 N–H and O–H groups in total. The van der Waals surface area contributed by atoms with Crippen LogP contribution in [0.4, 0.5) is 4.39 Å². The summed E-state index contributed by atoms with van der Waals surface area (Å²) in [6.07, 6.45) is 0.339. The molecule has 7 heteroatoms. The molecule has 2 rings (SSSR count). The first-order valence-corrected chi connectivity index (χ1v) is 7.45. The smallest absolute Gasteiger partial charge is 0.243 e. The highest BCUT2D eigenvalue weighted by Gasteiger charge is 2.30. The fourth-order valence-electron chi connectivity index (χ4n) is 2.01. The van der Waals surface area contributed by atoms with Crippen molar-refractivity contribution >= 4 is 10.0 Å². The van der Waals surface area contributed by atoms with Crippen LogP contribution in [0.1, 0.15) is 18.9 Å². The normalized spacial score (nSPS) is 23.7. The summed E-state index contributed by atoms with van der Waals surface area (Å²) in [4.78, 5) is -0.413. The molecule has 0 radical (unpaired) electrons. The lowest BCUT2D eigenvalue weighted by Crippen LogP contribution is -2.39. The molecule has 106 valence electrons. The zero-order chi connectivity index (χ0) is 14.0. The SMILES string of the molecule is CC1OCCC1NS(=O)(=O)c1ccc(CO)cc1F. The summed E-state index contributed by atoms with van der Waals surface area (Å²) < 4.78 is 45.6. The van der Waals surface area contributed by atoms with Gasteiger partial charge in [0.15, 0.2) is 0 Å². The van der Waals surface area contributed by atoms with E-state index in [-0.39, 0.29) is 18.8 Å². The Bertz CT molecular complexity index is 561. The van der Waals surface area contributed by atoms with Gasteiger partial charge < -0.3 is 9.84 Å². The zero-order valence-corrected chi connectivity index (χ0v) is 11.3. The molecule has 2 atom stereocenters. The standard InChI is InChI=1S/C12H16FNO4S/c1-8-11(4-5-18-8)14-19(16,17)12-3-2-9(7-15)6-10(12)13/h2-3,6,8,11,14-15H,4-5,7H2,1H3. The molecule has 0 aromatic heterocycles. The molecule has 1 aromatic rings. The topological polar surface area (TPSA) is 75.6 Å². The lowest BCUT2D eigenvalue weighted by molar-refractivity contribution is 0.117. The van der Waals surface area contributed by atoms with Crippen molar-refractivity contribution in [3.05, 3.63) is 29.6 Å². The summed E-state index contributed by atoms with van der Waals surface area (Å²) in [5.74, 6) is -0.870. The van der Waals surface area contributed by atoms with E-state index >= 15 is 0 Å². The third-order valence-electron chi connectivity index (χ3n) is 3.15. The second-order valence-electron chi connectivity index (χ2n) is 4.52. The lowest BCUT2D eigenvalue weighted by atomic mass is 10.2. The summed E-state index contributed by atoms with van der Waals surface area (Å²) in [5.41, 5.74) is 0.328. The van der Waals surface area contributed by atoms with Gasteiger partial charge in [0.25, 0.3) is 0 Å². The van der Waals surface area contributed by atoms with Gasteiger partial charge in [0.05, 0.1) is 18.8 Å². The average Bonchev–Trinajstić information content (AvgIpc) is 2.73. The molecule has 0 bridgehead atoms. The maximum atomic E-state index is 13.7. The predicted molar refractivity (Wildman–Crippen MR) is 66.5 cm³/mol. The van der Waals surface area contributed by atoms with Crippen molar-refractivity contribution in [3.8, 4) is 0 Å². The van der Waals surface area contributed by atoms with E-state index in [9.17, 15) is 12.8 Å². The summed E-state index contributed by atoms with van der Waals surface area (Å²) in [6.45, 7) is 1.92. The van der Waals surface area contributed by atoms with Gasteiger partial charge >= 0.3 is 0 Å². The van der Waals surface area contributed by atoms with Crippen molar-refractivity contribution in [1.82, 2.24) is 4.72 Å². The van der Waals surface area contributed by atoms with E-state index in [2.05, 4.69) is 4.72 Å². The second kappa shape index (κ2) is 5.54. The van der Waals surface area contributed by atoms with Crippen LogP contribution in [0.5, 0.6) is 0 Å². The molecule has 0 saturated carbocycles. The Kier molecular flexibility index (Phi) is 4.19. The van der Waals surface area contributed by atoms with E-state index < -0.39 is 20.7 Å². The van der Waals surface area contributed by atoms with Gasteiger partial charge in [-0.3, -0.25) is 0 Å². The van der Waals surface area contributed by atoms with Gasteiger partial charge in [-0.15, -0.1) is 0 Å². The van der Waals surface area contributed by atoms with Crippen LogP contribution in [0.2, 0.25) is 0 Å². The molecule has 5 nitrogen and oxygen atoms in total. The number of halogens is 1. The highest BCUT2D eigenvalue weighted by molar-refractivity contribution is 7.89. The van der Waals surface area contributed by atoms with Crippen molar-refractivity contribution in [1.29, 1.82) is 0 Å². The summed E-state index contributed by atoms with van der Waals surface area (Å²) in [7, 11) is -3.92. The molecule has 1 aliphatic heterocycles. The molecule has 2 unspecified atom stereocenters. The van der Waals surface area contributed by atoms with E-state index in [4.69, 9.17) is 9.84 Å². The van der Waals surface area contributed by atoms with Gasteiger partial charge in [-0.2, -0.15) is 0 Å². The lowest BCUT2D eigenvalue weighted by Gasteiger charge is -2.16. The fourth-order valence-corrected chi connectivity index (χ4v) is 3.41. The minimum Gasteiger partial charge on any atom is -0.392 e. The summed E-state index contributed by atoms with van der Waals surface area (Å²) >= 11 is 0. The van der Waals surface area contributed by atoms with Crippen molar-refractivity contribution in [2.75, 3.05) is 6.61 Å². The van der Waals surface area contributed by atoms with Gasteiger partial charge in [-0.25, -0.2) is 17.5 Å². The molecule has 0 amide bonds. The molecular formula is C12H16FNO4S. The van der Waals surface area contributed by atoms with Crippen molar-refractivity contribution in [2.24, 2.45) is 0 Å². The Morgan fingerprint density at radius 1 is 1.53 bits per heavy atom. The third kappa shape index (κ3) is 3.11. The first-order chi connectivity index (χ1) is 8.94. The number of ether oxygens (including phenoxy) is 1. The number of hydrogen-bond donors (Lipinski definition) is 2. The molecule has 19 heavy (non-hydrogen) atoms. The van der Waals surface area contributed by atoms with E-state index in [1.54, 1.807) is 6.92 Å².